The molecule has 3 rings (SSSR count). The fourth-order valence-corrected chi connectivity index (χ4v) is 4.87. The van der Waals surface area contributed by atoms with Crippen molar-refractivity contribution < 1.29 is 51.8 Å². The van der Waals surface area contributed by atoms with Crippen molar-refractivity contribution in [1.82, 2.24) is 5.32 Å². The molecule has 2 saturated heterocycles. The van der Waals surface area contributed by atoms with Crippen molar-refractivity contribution in [3.05, 3.63) is 0 Å². The molecule has 0 bridgehead atoms. The van der Waals surface area contributed by atoms with Gasteiger partial charge in [-0.3, -0.25) is 9.11 Å². The van der Waals surface area contributed by atoms with Gasteiger partial charge in [0.1, 0.15) is 30.0 Å². The molecule has 0 spiro atoms. The largest absolute Gasteiger partial charge is 0.394 e. The summed E-state index contributed by atoms with van der Waals surface area (Å²) in [5.41, 5.74) is 23.3. The van der Waals surface area contributed by atoms with E-state index in [1.54, 1.807) is 14.0 Å². The molecule has 17 heteroatoms. The third-order valence-electron chi connectivity index (χ3n) is 6.81. The van der Waals surface area contributed by atoms with Crippen LogP contribution in [-0.4, -0.2) is 125 Å². The maximum atomic E-state index is 11.1. The molecule has 0 amide bonds. The molecule has 220 valence electrons. The Morgan fingerprint density at radius 1 is 1.00 bits per heavy atom. The summed E-state index contributed by atoms with van der Waals surface area (Å²) in [6, 6.07) is -2.47. The van der Waals surface area contributed by atoms with Crippen molar-refractivity contribution in [2.45, 2.75) is 112 Å². The molecule has 37 heavy (non-hydrogen) atoms. The van der Waals surface area contributed by atoms with E-state index in [4.69, 9.17) is 59.4 Å². The van der Waals surface area contributed by atoms with Crippen molar-refractivity contribution in [3.8, 4) is 0 Å². The Bertz CT molecular complexity index is 815. The van der Waals surface area contributed by atoms with Crippen molar-refractivity contribution in [2.75, 3.05) is 13.7 Å². The Morgan fingerprint density at radius 2 is 1.51 bits per heavy atom. The second kappa shape index (κ2) is 13.2. The molecule has 14 N–H and O–H groups in total. The van der Waals surface area contributed by atoms with E-state index in [0.717, 1.165) is 6.42 Å². The lowest BCUT2D eigenvalue weighted by Gasteiger charge is -2.48. The van der Waals surface area contributed by atoms with Gasteiger partial charge in [-0.25, -0.2) is 0 Å². The summed E-state index contributed by atoms with van der Waals surface area (Å²) in [4.78, 5) is 0. The standard InChI is InChI=1S/C20H41N5O7.H2O4S/c1-8(21)12-5-4-9(22)18(30-12)31-15-10(23)6-11(24)16(13(15)26)32-19-14(27)17(25-3)20(2,28)7-29-19;1-5(2,3)4/h8-19,25-28H,4-7,21-24H2,1-3H3;(H2,1,2,3,4)/t8-,9+,10-,11+,12-,13-,14+,15+,16+,17+,18+,19+,20-;/m0./s1. The van der Waals surface area contributed by atoms with Crippen molar-refractivity contribution in [1.29, 1.82) is 0 Å². The van der Waals surface area contributed by atoms with E-state index in [0.29, 0.717) is 12.8 Å². The van der Waals surface area contributed by atoms with Crippen LogP contribution in [0.3, 0.4) is 0 Å². The van der Waals surface area contributed by atoms with Crippen LogP contribution in [0.4, 0.5) is 0 Å². The molecule has 13 atom stereocenters. The number of hydrogen-bond acceptors (Lipinski definition) is 14. The summed E-state index contributed by atoms with van der Waals surface area (Å²) in [6.45, 7) is 3.34. The van der Waals surface area contributed by atoms with Gasteiger partial charge in [-0.15, -0.1) is 0 Å². The third-order valence-corrected chi connectivity index (χ3v) is 6.81. The van der Waals surface area contributed by atoms with Gasteiger partial charge in [0, 0.05) is 18.1 Å². The molecule has 1 aliphatic carbocycles. The smallest absolute Gasteiger partial charge is 0.388 e. The van der Waals surface area contributed by atoms with Crippen molar-refractivity contribution >= 4 is 10.4 Å². The minimum Gasteiger partial charge on any atom is -0.388 e. The number of aliphatic hydroxyl groups excluding tert-OH is 2. The van der Waals surface area contributed by atoms with Gasteiger partial charge in [-0.05, 0) is 40.2 Å². The summed E-state index contributed by atoms with van der Waals surface area (Å²) in [7, 11) is -3.04. The fourth-order valence-electron chi connectivity index (χ4n) is 4.87. The number of nitrogens with two attached hydrogens (primary N) is 4. The lowest BCUT2D eigenvalue weighted by molar-refractivity contribution is -0.307. The van der Waals surface area contributed by atoms with Crippen LogP contribution < -0.4 is 28.3 Å². The summed E-state index contributed by atoms with van der Waals surface area (Å²) >= 11 is 0. The average molecular weight is 562 g/mol. The Balaban J connectivity index is 0.000000877. The van der Waals surface area contributed by atoms with Crippen molar-refractivity contribution in [3.63, 3.8) is 0 Å². The molecule has 0 unspecified atom stereocenters. The van der Waals surface area contributed by atoms with E-state index in [2.05, 4.69) is 5.32 Å². The zero-order chi connectivity index (χ0) is 28.3. The Hall–Kier alpha value is -0.610. The number of rotatable bonds is 6. The summed E-state index contributed by atoms with van der Waals surface area (Å²) in [6.07, 6.45) is -4.58. The highest BCUT2D eigenvalue weighted by molar-refractivity contribution is 7.79. The van der Waals surface area contributed by atoms with Gasteiger partial charge in [-0.2, -0.15) is 8.42 Å². The number of aliphatic hydroxyl groups is 3. The van der Waals surface area contributed by atoms with Gasteiger partial charge in [0.2, 0.25) is 0 Å². The van der Waals surface area contributed by atoms with Gasteiger partial charge < -0.3 is 62.5 Å². The molecular weight excluding hydrogens is 518 g/mol. The van der Waals surface area contributed by atoms with Crippen LogP contribution in [0, 0.1) is 0 Å². The number of likely N-dealkylation sites (N-methyl/N-ethyl adjacent to an activating group) is 1. The SMILES string of the molecule is CN[C@@H]1[C@@H](O)[C@@H](O[C@H]2[C@@H](O)[C@H](O[C@H]3O[C@H]([C@H](C)N)CC[C@H]3N)[C@@H](N)C[C@H]2N)OC[C@]1(C)O.O=S(=O)(O)O. The molecular formula is C20H43N5O11S. The normalized spacial score (nSPS) is 46.0. The molecule has 2 aliphatic heterocycles. The first kappa shape index (κ1) is 32.6. The van der Waals surface area contributed by atoms with Gasteiger partial charge in [0.15, 0.2) is 12.6 Å². The third kappa shape index (κ3) is 8.95. The number of ether oxygens (including phenoxy) is 4. The van der Waals surface area contributed by atoms with E-state index < -0.39 is 71.1 Å². The summed E-state index contributed by atoms with van der Waals surface area (Å²) < 4.78 is 55.0. The number of hydrogen-bond donors (Lipinski definition) is 10. The molecule has 1 saturated carbocycles. The zero-order valence-corrected chi connectivity index (χ0v) is 22.0. The Morgan fingerprint density at radius 3 is 2.00 bits per heavy atom. The summed E-state index contributed by atoms with van der Waals surface area (Å²) in [5.74, 6) is 0. The lowest BCUT2D eigenvalue weighted by atomic mass is 9.84. The van der Waals surface area contributed by atoms with Crippen LogP contribution in [-0.2, 0) is 29.3 Å². The van der Waals surface area contributed by atoms with E-state index in [1.807, 2.05) is 6.92 Å². The van der Waals surface area contributed by atoms with Gasteiger partial charge in [0.05, 0.1) is 24.8 Å². The quantitative estimate of drug-likeness (QED) is 0.137. The van der Waals surface area contributed by atoms with Crippen LogP contribution in [0.15, 0.2) is 0 Å². The van der Waals surface area contributed by atoms with Gasteiger partial charge >= 0.3 is 10.4 Å². The molecule has 2 heterocycles. The highest BCUT2D eigenvalue weighted by Crippen LogP contribution is 2.31. The molecule has 0 aromatic rings. The molecule has 3 aliphatic rings. The lowest BCUT2D eigenvalue weighted by Crippen LogP contribution is -2.68. The van der Waals surface area contributed by atoms with E-state index in [9.17, 15) is 15.3 Å². The van der Waals surface area contributed by atoms with E-state index in [1.165, 1.54) is 0 Å². The first-order valence-electron chi connectivity index (χ1n) is 12.0. The van der Waals surface area contributed by atoms with E-state index >= 15 is 0 Å². The van der Waals surface area contributed by atoms with Crippen molar-refractivity contribution in [2.24, 2.45) is 22.9 Å². The van der Waals surface area contributed by atoms with Crippen LogP contribution in [0.2, 0.25) is 0 Å². The highest BCUT2D eigenvalue weighted by Gasteiger charge is 2.50. The van der Waals surface area contributed by atoms with Gasteiger partial charge in [-0.1, -0.05) is 0 Å². The van der Waals surface area contributed by atoms with Crippen LogP contribution in [0.1, 0.15) is 33.1 Å². The molecule has 0 aromatic heterocycles. The molecule has 16 nitrogen and oxygen atoms in total. The fraction of sp³-hybridized carbons (Fsp3) is 1.00. The van der Waals surface area contributed by atoms with Gasteiger partial charge in [0.25, 0.3) is 0 Å². The zero-order valence-electron chi connectivity index (χ0n) is 21.2. The topological polar surface area (TPSA) is 288 Å². The predicted molar refractivity (Wildman–Crippen MR) is 129 cm³/mol. The first-order chi connectivity index (χ1) is 17.0. The number of nitrogens with one attached hydrogen (secondary N) is 1. The summed E-state index contributed by atoms with van der Waals surface area (Å²) in [5, 5.41) is 35.0. The predicted octanol–water partition coefficient (Wildman–Crippen LogP) is -4.24. The molecule has 3 fully saturated rings. The average Bonchev–Trinajstić information content (AvgIpc) is 2.75. The second-order valence-electron chi connectivity index (χ2n) is 10.1. The molecule has 0 aromatic carbocycles. The van der Waals surface area contributed by atoms with Crippen LogP contribution in [0.25, 0.3) is 0 Å². The first-order valence-corrected chi connectivity index (χ1v) is 13.4. The monoisotopic (exact) mass is 561 g/mol. The Labute approximate surface area is 216 Å². The minimum absolute atomic E-state index is 0.0683. The van der Waals surface area contributed by atoms with E-state index in [-0.39, 0.29) is 24.8 Å². The second-order valence-corrected chi connectivity index (χ2v) is 11.0. The maximum Gasteiger partial charge on any atom is 0.394 e. The van der Waals surface area contributed by atoms with Crippen LogP contribution in [0.5, 0.6) is 0 Å². The highest BCUT2D eigenvalue weighted by atomic mass is 32.3. The Kier molecular flexibility index (Phi) is 11.6. The van der Waals surface area contributed by atoms with Crippen LogP contribution >= 0.6 is 0 Å². The molecule has 0 radical (unpaired) electrons. The minimum atomic E-state index is -4.67. The maximum absolute atomic E-state index is 11.1.